The molecule has 0 saturated carbocycles. The third-order valence-electron chi connectivity index (χ3n) is 9.78. The van der Waals surface area contributed by atoms with Crippen LogP contribution in [-0.2, 0) is 0 Å². The lowest BCUT2D eigenvalue weighted by Crippen LogP contribution is -1.95. The third kappa shape index (κ3) is 7.17. The number of nitrogens with two attached hydrogens (primary N) is 1. The minimum absolute atomic E-state index is 0.732. The molecule has 0 aliphatic heterocycles. The van der Waals surface area contributed by atoms with Crippen LogP contribution in [-0.4, -0.2) is 0 Å². The van der Waals surface area contributed by atoms with E-state index in [4.69, 9.17) is 5.73 Å². The molecule has 254 valence electrons. The number of rotatable bonds is 6. The molecule has 0 amide bonds. The lowest BCUT2D eigenvalue weighted by atomic mass is 9.85. The molecule has 53 heavy (non-hydrogen) atoms. The van der Waals surface area contributed by atoms with Gasteiger partial charge in [0.2, 0.25) is 0 Å². The van der Waals surface area contributed by atoms with Crippen LogP contribution in [0, 0.1) is 6.92 Å². The Balaban J connectivity index is 0.000000259. The molecule has 9 aromatic rings. The van der Waals surface area contributed by atoms with E-state index in [9.17, 15) is 0 Å². The van der Waals surface area contributed by atoms with Gasteiger partial charge in [-0.1, -0.05) is 188 Å². The van der Waals surface area contributed by atoms with Gasteiger partial charge in [0.15, 0.2) is 0 Å². The standard InChI is InChI=1S/C38H28N2.C13H12/c39-35-16-8-9-17-36(35)40-30-24-22-29(23-25-30)38-33-14-6-4-12-31(33)37(32-13-5-7-15-34(32)38)28-20-18-27(19-21-28)26-10-2-1-3-11-26;1-11-7-9-13(10-8-11)12-5-3-2-4-6-12/h1-25,40H,39H2;2-10H,1H3. The summed E-state index contributed by atoms with van der Waals surface area (Å²) in [5, 5.41) is 8.45. The van der Waals surface area contributed by atoms with E-state index in [0.29, 0.717) is 0 Å². The number of anilines is 3. The van der Waals surface area contributed by atoms with Crippen molar-refractivity contribution >= 4 is 38.6 Å². The number of fused-ring (bicyclic) bond motifs is 2. The lowest BCUT2D eigenvalue weighted by Gasteiger charge is -2.18. The molecule has 2 nitrogen and oxygen atoms in total. The fraction of sp³-hybridized carbons (Fsp3) is 0.0196. The van der Waals surface area contributed by atoms with Gasteiger partial charge < -0.3 is 11.1 Å². The minimum Gasteiger partial charge on any atom is -0.397 e. The van der Waals surface area contributed by atoms with Crippen molar-refractivity contribution in [2.24, 2.45) is 0 Å². The molecule has 0 aliphatic rings. The molecule has 0 aromatic heterocycles. The molecular weight excluding hydrogens is 641 g/mol. The number of nitrogen functional groups attached to an aromatic ring is 1. The Bertz CT molecular complexity index is 2550. The molecule has 0 atom stereocenters. The normalized spacial score (nSPS) is 10.8. The van der Waals surface area contributed by atoms with Crippen molar-refractivity contribution in [2.75, 3.05) is 11.1 Å². The van der Waals surface area contributed by atoms with Gasteiger partial charge in [-0.3, -0.25) is 0 Å². The van der Waals surface area contributed by atoms with Crippen molar-refractivity contribution in [3.8, 4) is 44.5 Å². The van der Waals surface area contributed by atoms with Gasteiger partial charge in [0.25, 0.3) is 0 Å². The molecule has 0 unspecified atom stereocenters. The molecule has 9 aromatic carbocycles. The van der Waals surface area contributed by atoms with Crippen LogP contribution in [0.15, 0.2) is 206 Å². The Labute approximate surface area is 311 Å². The maximum atomic E-state index is 6.15. The summed E-state index contributed by atoms with van der Waals surface area (Å²) in [6, 6.07) is 72.6. The number of benzene rings is 9. The minimum atomic E-state index is 0.732. The van der Waals surface area contributed by atoms with Crippen LogP contribution in [0.4, 0.5) is 17.1 Å². The van der Waals surface area contributed by atoms with E-state index in [1.807, 2.05) is 30.3 Å². The number of para-hydroxylation sites is 2. The first-order chi connectivity index (χ1) is 26.1. The molecule has 0 heterocycles. The fourth-order valence-corrected chi connectivity index (χ4v) is 7.07. The molecule has 0 fully saturated rings. The molecular formula is C51H40N2. The summed E-state index contributed by atoms with van der Waals surface area (Å²) in [6.45, 7) is 2.11. The van der Waals surface area contributed by atoms with E-state index in [-0.39, 0.29) is 0 Å². The number of hydrogen-bond donors (Lipinski definition) is 2. The van der Waals surface area contributed by atoms with Crippen LogP contribution in [0.1, 0.15) is 5.56 Å². The van der Waals surface area contributed by atoms with E-state index < -0.39 is 0 Å². The van der Waals surface area contributed by atoms with E-state index in [1.54, 1.807) is 0 Å². The summed E-state index contributed by atoms with van der Waals surface area (Å²) >= 11 is 0. The first-order valence-corrected chi connectivity index (χ1v) is 18.1. The van der Waals surface area contributed by atoms with Crippen molar-refractivity contribution in [1.82, 2.24) is 0 Å². The van der Waals surface area contributed by atoms with Crippen molar-refractivity contribution in [3.05, 3.63) is 212 Å². The molecule has 0 saturated heterocycles. The number of nitrogens with one attached hydrogen (secondary N) is 1. The second-order valence-electron chi connectivity index (χ2n) is 13.3. The Morgan fingerprint density at radius 3 is 1.11 bits per heavy atom. The zero-order valence-corrected chi connectivity index (χ0v) is 29.7. The SMILES string of the molecule is Cc1ccc(-c2ccccc2)cc1.Nc1ccccc1Nc1ccc(-c2c3ccccc3c(-c3ccc(-c4ccccc4)cc3)c3ccccc23)cc1. The highest BCUT2D eigenvalue weighted by atomic mass is 14.9. The molecule has 0 aliphatic carbocycles. The van der Waals surface area contributed by atoms with Crippen LogP contribution < -0.4 is 11.1 Å². The average Bonchev–Trinajstić information content (AvgIpc) is 3.22. The maximum Gasteiger partial charge on any atom is 0.0617 e. The Hall–Kier alpha value is -6.90. The van der Waals surface area contributed by atoms with Crippen LogP contribution in [0.2, 0.25) is 0 Å². The summed E-state index contributed by atoms with van der Waals surface area (Å²) in [7, 11) is 0. The van der Waals surface area contributed by atoms with E-state index in [1.165, 1.54) is 71.6 Å². The predicted octanol–water partition coefficient (Wildman–Crippen LogP) is 14.0. The summed E-state index contributed by atoms with van der Waals surface area (Å²) in [6.07, 6.45) is 0. The second-order valence-corrected chi connectivity index (χ2v) is 13.3. The molecule has 2 heteroatoms. The monoisotopic (exact) mass is 680 g/mol. The fourth-order valence-electron chi connectivity index (χ4n) is 7.07. The maximum absolute atomic E-state index is 6.15. The highest BCUT2D eigenvalue weighted by Gasteiger charge is 2.16. The van der Waals surface area contributed by atoms with Crippen LogP contribution in [0.3, 0.4) is 0 Å². The second kappa shape index (κ2) is 15.1. The van der Waals surface area contributed by atoms with Gasteiger partial charge in [0, 0.05) is 5.69 Å². The number of hydrogen-bond acceptors (Lipinski definition) is 2. The quantitative estimate of drug-likeness (QED) is 0.135. The molecule has 0 bridgehead atoms. The van der Waals surface area contributed by atoms with Crippen molar-refractivity contribution in [1.29, 1.82) is 0 Å². The highest BCUT2D eigenvalue weighted by Crippen LogP contribution is 2.44. The number of aryl methyl sites for hydroxylation is 1. The summed E-state index contributed by atoms with van der Waals surface area (Å²) in [4.78, 5) is 0. The van der Waals surface area contributed by atoms with Crippen LogP contribution >= 0.6 is 0 Å². The van der Waals surface area contributed by atoms with Crippen molar-refractivity contribution in [3.63, 3.8) is 0 Å². The lowest BCUT2D eigenvalue weighted by molar-refractivity contribution is 1.47. The smallest absolute Gasteiger partial charge is 0.0617 e. The largest absolute Gasteiger partial charge is 0.397 e. The van der Waals surface area contributed by atoms with Gasteiger partial charge in [0.1, 0.15) is 0 Å². The van der Waals surface area contributed by atoms with Gasteiger partial charge in [-0.15, -0.1) is 0 Å². The zero-order valence-electron chi connectivity index (χ0n) is 29.7. The average molecular weight is 681 g/mol. The predicted molar refractivity (Wildman–Crippen MR) is 229 cm³/mol. The van der Waals surface area contributed by atoms with E-state index >= 15 is 0 Å². The van der Waals surface area contributed by atoms with Gasteiger partial charge in [-0.05, 0) is 97.2 Å². The van der Waals surface area contributed by atoms with Gasteiger partial charge in [-0.2, -0.15) is 0 Å². The highest BCUT2D eigenvalue weighted by molar-refractivity contribution is 6.21. The van der Waals surface area contributed by atoms with E-state index in [0.717, 1.165) is 17.1 Å². The van der Waals surface area contributed by atoms with E-state index in [2.05, 4.69) is 188 Å². The Morgan fingerprint density at radius 1 is 0.321 bits per heavy atom. The van der Waals surface area contributed by atoms with Crippen molar-refractivity contribution < 1.29 is 0 Å². The van der Waals surface area contributed by atoms with Crippen molar-refractivity contribution in [2.45, 2.75) is 6.92 Å². The zero-order chi connectivity index (χ0) is 36.0. The molecule has 9 rings (SSSR count). The van der Waals surface area contributed by atoms with Gasteiger partial charge in [0.05, 0.1) is 11.4 Å². The molecule has 0 radical (unpaired) electrons. The topological polar surface area (TPSA) is 38.0 Å². The van der Waals surface area contributed by atoms with Gasteiger partial charge >= 0.3 is 0 Å². The first kappa shape index (κ1) is 33.3. The first-order valence-electron chi connectivity index (χ1n) is 18.1. The Morgan fingerprint density at radius 2 is 0.660 bits per heavy atom. The summed E-state index contributed by atoms with van der Waals surface area (Å²) in [5.74, 6) is 0. The summed E-state index contributed by atoms with van der Waals surface area (Å²) < 4.78 is 0. The molecule has 0 spiro atoms. The summed E-state index contributed by atoms with van der Waals surface area (Å²) in [5.41, 5.74) is 20.0. The van der Waals surface area contributed by atoms with Crippen LogP contribution in [0.25, 0.3) is 66.1 Å². The molecule has 3 N–H and O–H groups in total. The third-order valence-corrected chi connectivity index (χ3v) is 9.78. The Kier molecular flexibility index (Phi) is 9.50. The van der Waals surface area contributed by atoms with Gasteiger partial charge in [-0.25, -0.2) is 0 Å². The van der Waals surface area contributed by atoms with Crippen LogP contribution in [0.5, 0.6) is 0 Å².